The predicted molar refractivity (Wildman–Crippen MR) is 57.8 cm³/mol. The number of phosphoric ester groups is 2. The summed E-state index contributed by atoms with van der Waals surface area (Å²) in [5.41, 5.74) is 0. The molecule has 0 bridgehead atoms. The van der Waals surface area contributed by atoms with Gasteiger partial charge in [0.25, 0.3) is 0 Å². The molecule has 12 nitrogen and oxygen atoms in total. The molecule has 1 heterocycles. The Morgan fingerprint density at radius 3 is 2.10 bits per heavy atom. The Bertz CT molecular complexity index is 428. The van der Waals surface area contributed by atoms with Gasteiger partial charge in [-0.25, -0.2) is 9.13 Å². The molecular weight excluding hydrogens is 326 g/mol. The van der Waals surface area contributed by atoms with Gasteiger partial charge in [0, 0.05) is 0 Å². The summed E-state index contributed by atoms with van der Waals surface area (Å²) in [4.78, 5) is 34.3. The fourth-order valence-electron chi connectivity index (χ4n) is 1.58. The zero-order chi connectivity index (χ0) is 15.8. The van der Waals surface area contributed by atoms with Gasteiger partial charge in [-0.2, -0.15) is 0 Å². The van der Waals surface area contributed by atoms with E-state index < -0.39 is 53.0 Å². The lowest BCUT2D eigenvalue weighted by Crippen LogP contribution is -2.47. The molecule has 1 saturated heterocycles. The first-order chi connectivity index (χ1) is 8.88. The molecule has 120 valence electrons. The summed E-state index contributed by atoms with van der Waals surface area (Å²) in [5, 5.41) is 28.4. The summed E-state index contributed by atoms with van der Waals surface area (Å²) in [6.45, 7) is -2.10. The van der Waals surface area contributed by atoms with Crippen LogP contribution in [0.1, 0.15) is 0 Å². The van der Waals surface area contributed by atoms with Gasteiger partial charge in [0.05, 0.1) is 6.61 Å². The van der Waals surface area contributed by atoms with E-state index in [0.29, 0.717) is 0 Å². The second-order valence-electron chi connectivity index (χ2n) is 3.95. The van der Waals surface area contributed by atoms with Gasteiger partial charge in [-0.05, 0) is 0 Å². The highest BCUT2D eigenvalue weighted by Crippen LogP contribution is 2.45. The lowest BCUT2D eigenvalue weighted by molar-refractivity contribution is -0.245. The summed E-state index contributed by atoms with van der Waals surface area (Å²) < 4.78 is 34.0. The summed E-state index contributed by atoms with van der Waals surface area (Å²) >= 11 is 0. The van der Waals surface area contributed by atoms with Crippen LogP contribution < -0.4 is 0 Å². The van der Waals surface area contributed by atoms with Crippen molar-refractivity contribution in [1.82, 2.24) is 0 Å². The molecule has 0 spiro atoms. The molecule has 1 rings (SSSR count). The van der Waals surface area contributed by atoms with Gasteiger partial charge in [0.2, 0.25) is 5.79 Å². The zero-order valence-corrected chi connectivity index (χ0v) is 11.5. The maximum absolute atomic E-state index is 10.7. The molecule has 1 aliphatic heterocycles. The lowest BCUT2D eigenvalue weighted by Gasteiger charge is -2.26. The van der Waals surface area contributed by atoms with E-state index in [0.717, 1.165) is 0 Å². The smallest absolute Gasteiger partial charge is 0.394 e. The Kier molecular flexibility index (Phi) is 5.48. The largest absolute Gasteiger partial charge is 0.470 e. The highest BCUT2D eigenvalue weighted by Gasteiger charge is 2.56. The van der Waals surface area contributed by atoms with Crippen LogP contribution in [0.4, 0.5) is 0 Å². The normalized spacial score (nSPS) is 35.5. The first-order valence-electron chi connectivity index (χ1n) is 5.01. The molecule has 0 amide bonds. The molecule has 0 aliphatic carbocycles. The minimum atomic E-state index is -5.07. The van der Waals surface area contributed by atoms with Crippen LogP contribution in [0.2, 0.25) is 0 Å². The molecule has 1 fully saturated rings. The molecule has 1 aliphatic rings. The molecular formula is C6H14O12P2. The SMILES string of the molecule is O=P(O)(O)OC[C@@]1(O)O[C@H](CO)[C@@H](OP(=O)(O)O)[C@@H]1O. The van der Waals surface area contributed by atoms with Crippen LogP contribution >= 0.6 is 15.6 Å². The number of phosphoric acid groups is 2. The Balaban J connectivity index is 2.86. The van der Waals surface area contributed by atoms with Crippen molar-refractivity contribution >= 4 is 15.6 Å². The highest BCUT2D eigenvalue weighted by atomic mass is 31.2. The number of hydrogen-bond donors (Lipinski definition) is 7. The molecule has 7 N–H and O–H groups in total. The first kappa shape index (κ1) is 18.1. The molecule has 20 heavy (non-hydrogen) atoms. The molecule has 0 aromatic carbocycles. The molecule has 4 atom stereocenters. The minimum absolute atomic E-state index is 0.889. The summed E-state index contributed by atoms with van der Waals surface area (Å²) in [5.74, 6) is -2.71. The van der Waals surface area contributed by atoms with Crippen molar-refractivity contribution in [2.75, 3.05) is 13.2 Å². The number of aliphatic hydroxyl groups excluding tert-OH is 2. The van der Waals surface area contributed by atoms with E-state index in [2.05, 4.69) is 13.8 Å². The summed E-state index contributed by atoms with van der Waals surface area (Å²) in [6.07, 6.45) is -5.49. The summed E-state index contributed by atoms with van der Waals surface area (Å²) in [7, 11) is -10.1. The highest BCUT2D eigenvalue weighted by molar-refractivity contribution is 7.46. The van der Waals surface area contributed by atoms with E-state index in [-0.39, 0.29) is 0 Å². The van der Waals surface area contributed by atoms with Crippen LogP contribution in [0.3, 0.4) is 0 Å². The fraction of sp³-hybridized carbons (Fsp3) is 1.00. The molecule has 0 saturated carbocycles. The van der Waals surface area contributed by atoms with Crippen molar-refractivity contribution in [3.63, 3.8) is 0 Å². The van der Waals surface area contributed by atoms with Crippen molar-refractivity contribution in [1.29, 1.82) is 0 Å². The predicted octanol–water partition coefficient (Wildman–Crippen LogP) is -2.99. The van der Waals surface area contributed by atoms with Gasteiger partial charge in [0.15, 0.2) is 0 Å². The second-order valence-corrected chi connectivity index (χ2v) is 6.38. The van der Waals surface area contributed by atoms with E-state index in [1.54, 1.807) is 0 Å². The van der Waals surface area contributed by atoms with Crippen molar-refractivity contribution in [3.05, 3.63) is 0 Å². The van der Waals surface area contributed by atoms with Crippen molar-refractivity contribution < 1.29 is 57.8 Å². The molecule has 0 aromatic rings. The van der Waals surface area contributed by atoms with Crippen LogP contribution in [0, 0.1) is 0 Å². The minimum Gasteiger partial charge on any atom is -0.394 e. The second kappa shape index (κ2) is 6.05. The fourth-order valence-corrected chi connectivity index (χ4v) is 2.50. The Morgan fingerprint density at radius 2 is 1.70 bits per heavy atom. The van der Waals surface area contributed by atoms with Gasteiger partial charge in [-0.3, -0.25) is 9.05 Å². The number of aliphatic hydroxyl groups is 3. The maximum Gasteiger partial charge on any atom is 0.470 e. The van der Waals surface area contributed by atoms with Crippen LogP contribution in [-0.4, -0.2) is 72.2 Å². The number of rotatable bonds is 6. The van der Waals surface area contributed by atoms with E-state index in [9.17, 15) is 19.3 Å². The van der Waals surface area contributed by atoms with Gasteiger partial charge in [-0.15, -0.1) is 0 Å². The van der Waals surface area contributed by atoms with E-state index >= 15 is 0 Å². The molecule has 0 aromatic heterocycles. The average molecular weight is 340 g/mol. The number of ether oxygens (including phenoxy) is 1. The van der Waals surface area contributed by atoms with Crippen LogP contribution in [-0.2, 0) is 22.9 Å². The number of hydrogen-bond acceptors (Lipinski definition) is 8. The third-order valence-corrected chi connectivity index (χ3v) is 3.36. The van der Waals surface area contributed by atoms with E-state index in [1.807, 2.05) is 0 Å². The summed E-state index contributed by atoms with van der Waals surface area (Å²) in [6, 6.07) is 0. The molecule has 0 unspecified atom stereocenters. The third-order valence-electron chi connectivity index (χ3n) is 2.37. The van der Waals surface area contributed by atoms with Crippen molar-refractivity contribution in [2.45, 2.75) is 24.1 Å². The van der Waals surface area contributed by atoms with Crippen LogP contribution in [0.5, 0.6) is 0 Å². The Labute approximate surface area is 112 Å². The molecule has 0 radical (unpaired) electrons. The van der Waals surface area contributed by atoms with Gasteiger partial charge in [-0.1, -0.05) is 0 Å². The zero-order valence-electron chi connectivity index (χ0n) is 9.71. The third kappa shape index (κ3) is 4.81. The standard InChI is InChI=1S/C6H14O12P2/c7-1-3-4(18-20(13,14)15)5(8)6(9,17-3)2-16-19(10,11)12/h3-5,7-9H,1-2H2,(H2,10,11,12)(H2,13,14,15)/t3-,4-,5+,6-/m1/s1. The van der Waals surface area contributed by atoms with Crippen LogP contribution in [0.15, 0.2) is 0 Å². The van der Waals surface area contributed by atoms with Crippen LogP contribution in [0.25, 0.3) is 0 Å². The van der Waals surface area contributed by atoms with Gasteiger partial charge in [0.1, 0.15) is 24.9 Å². The Hall–Kier alpha value is 0.0600. The van der Waals surface area contributed by atoms with Crippen molar-refractivity contribution in [2.24, 2.45) is 0 Å². The Morgan fingerprint density at radius 1 is 1.15 bits per heavy atom. The van der Waals surface area contributed by atoms with E-state index in [4.69, 9.17) is 24.7 Å². The maximum atomic E-state index is 10.7. The average Bonchev–Trinajstić information content (AvgIpc) is 2.49. The van der Waals surface area contributed by atoms with Crippen molar-refractivity contribution in [3.8, 4) is 0 Å². The van der Waals surface area contributed by atoms with E-state index in [1.165, 1.54) is 0 Å². The quantitative estimate of drug-likeness (QED) is 0.242. The van der Waals surface area contributed by atoms with Gasteiger partial charge < -0.3 is 39.6 Å². The topological polar surface area (TPSA) is 203 Å². The lowest BCUT2D eigenvalue weighted by atomic mass is 10.1. The first-order valence-corrected chi connectivity index (χ1v) is 8.07. The molecule has 14 heteroatoms. The van der Waals surface area contributed by atoms with Gasteiger partial charge >= 0.3 is 15.6 Å². The monoisotopic (exact) mass is 340 g/mol.